The number of hydrogen-bond donors (Lipinski definition) is 3. The zero-order valence-corrected chi connectivity index (χ0v) is 5.05. The van der Waals surface area contributed by atoms with Gasteiger partial charge in [0.15, 0.2) is 0 Å². The number of nitriles is 2. The highest BCUT2D eigenvalue weighted by Gasteiger charge is 2.03. The summed E-state index contributed by atoms with van der Waals surface area (Å²) in [7, 11) is 0. The fourth-order valence-electron chi connectivity index (χ4n) is 0.321. The number of amidine groups is 1. The van der Waals surface area contributed by atoms with Crippen molar-refractivity contribution in [3.05, 3.63) is 11.3 Å². The molecule has 0 bridgehead atoms. The molecule has 5 heteroatoms. The topological polar surface area (TPSA) is 123 Å². The van der Waals surface area contributed by atoms with Gasteiger partial charge in [-0.1, -0.05) is 0 Å². The lowest BCUT2D eigenvalue weighted by molar-refractivity contribution is 1.33. The molecule has 0 aliphatic carbocycles. The van der Waals surface area contributed by atoms with Gasteiger partial charge in [-0.2, -0.15) is 10.5 Å². The standard InChI is InChI=1S/C5H5N5/c6-1-3(5(9)10)4(8)2-7/h8H2,(H3,9,10). The van der Waals surface area contributed by atoms with Gasteiger partial charge in [-0.25, -0.2) is 0 Å². The summed E-state index contributed by atoms with van der Waals surface area (Å²) < 4.78 is 0. The zero-order chi connectivity index (χ0) is 8.15. The minimum Gasteiger partial charge on any atom is -0.389 e. The van der Waals surface area contributed by atoms with E-state index < -0.39 is 5.84 Å². The number of nitrogens with zero attached hydrogens (tertiary/aromatic N) is 2. The molecule has 0 saturated heterocycles. The Morgan fingerprint density at radius 1 is 1.20 bits per heavy atom. The molecule has 0 fully saturated rings. The molecule has 0 aromatic heterocycles. The average molecular weight is 135 g/mol. The Hall–Kier alpha value is -2.01. The van der Waals surface area contributed by atoms with Gasteiger partial charge in [0.05, 0.1) is 0 Å². The largest absolute Gasteiger partial charge is 0.389 e. The molecule has 0 aliphatic heterocycles. The molecule has 0 spiro atoms. The summed E-state index contributed by atoms with van der Waals surface area (Å²) in [6.45, 7) is 0. The Labute approximate surface area is 57.7 Å². The fraction of sp³-hybridized carbons (Fsp3) is 0. The van der Waals surface area contributed by atoms with Crippen molar-refractivity contribution < 1.29 is 0 Å². The molecule has 5 N–H and O–H groups in total. The molecular formula is C5H5N5. The molecule has 0 heterocycles. The molecule has 5 nitrogen and oxygen atoms in total. The smallest absolute Gasteiger partial charge is 0.136 e. The Morgan fingerprint density at radius 3 is 1.80 bits per heavy atom. The molecular weight excluding hydrogens is 130 g/mol. The first-order valence-electron chi connectivity index (χ1n) is 2.27. The van der Waals surface area contributed by atoms with Gasteiger partial charge in [-0.05, 0) is 0 Å². The summed E-state index contributed by atoms with van der Waals surface area (Å²) in [4.78, 5) is 0. The van der Waals surface area contributed by atoms with Crippen LogP contribution in [0.3, 0.4) is 0 Å². The monoisotopic (exact) mass is 135 g/mol. The SMILES string of the molecule is N#CC(N)=C(C#N)C(=N)N. The van der Waals surface area contributed by atoms with E-state index in [0.29, 0.717) is 0 Å². The van der Waals surface area contributed by atoms with E-state index in [4.69, 9.17) is 27.4 Å². The number of nitrogens with one attached hydrogen (secondary N) is 1. The van der Waals surface area contributed by atoms with Crippen molar-refractivity contribution in [3.63, 3.8) is 0 Å². The molecule has 0 atom stereocenters. The van der Waals surface area contributed by atoms with Gasteiger partial charge in [-0.3, -0.25) is 5.41 Å². The second kappa shape index (κ2) is 3.10. The van der Waals surface area contributed by atoms with Crippen LogP contribution in [-0.2, 0) is 0 Å². The molecule has 10 heavy (non-hydrogen) atoms. The van der Waals surface area contributed by atoms with Crippen molar-refractivity contribution in [2.75, 3.05) is 0 Å². The Balaban J connectivity index is 4.92. The second-order valence-electron chi connectivity index (χ2n) is 1.43. The quantitative estimate of drug-likeness (QED) is 0.247. The number of nitrogens with two attached hydrogens (primary N) is 2. The van der Waals surface area contributed by atoms with Crippen LogP contribution in [0.25, 0.3) is 0 Å². The maximum Gasteiger partial charge on any atom is 0.136 e. The van der Waals surface area contributed by atoms with Crippen molar-refractivity contribution in [2.45, 2.75) is 0 Å². The van der Waals surface area contributed by atoms with Gasteiger partial charge in [0.25, 0.3) is 0 Å². The van der Waals surface area contributed by atoms with Crippen LogP contribution in [0.1, 0.15) is 0 Å². The highest BCUT2D eigenvalue weighted by Crippen LogP contribution is 1.93. The third-order valence-corrected chi connectivity index (χ3v) is 0.771. The van der Waals surface area contributed by atoms with Crippen molar-refractivity contribution in [3.8, 4) is 12.1 Å². The van der Waals surface area contributed by atoms with Gasteiger partial charge in [0, 0.05) is 0 Å². The van der Waals surface area contributed by atoms with Crippen LogP contribution in [0.15, 0.2) is 11.3 Å². The van der Waals surface area contributed by atoms with E-state index >= 15 is 0 Å². The summed E-state index contributed by atoms with van der Waals surface area (Å²) in [6.07, 6.45) is 0. The van der Waals surface area contributed by atoms with Gasteiger partial charge in [-0.15, -0.1) is 0 Å². The molecule has 0 saturated carbocycles. The first kappa shape index (κ1) is 7.99. The molecule has 0 unspecified atom stereocenters. The maximum absolute atomic E-state index is 8.24. The van der Waals surface area contributed by atoms with Gasteiger partial charge < -0.3 is 11.5 Å². The third-order valence-electron chi connectivity index (χ3n) is 0.771. The molecule has 0 amide bonds. The Kier molecular flexibility index (Phi) is 2.48. The third kappa shape index (κ3) is 1.49. The maximum atomic E-state index is 8.24. The summed E-state index contributed by atoms with van der Waals surface area (Å²) in [5.41, 5.74) is 9.30. The lowest BCUT2D eigenvalue weighted by Crippen LogP contribution is -2.16. The minimum absolute atomic E-state index is 0.275. The van der Waals surface area contributed by atoms with Crippen molar-refractivity contribution in [2.24, 2.45) is 11.5 Å². The normalized spacial score (nSPS) is 10.6. The van der Waals surface area contributed by atoms with E-state index in [0.717, 1.165) is 0 Å². The molecule has 0 rings (SSSR count). The number of hydrogen-bond acceptors (Lipinski definition) is 4. The Bertz CT molecular complexity index is 261. The van der Waals surface area contributed by atoms with Crippen LogP contribution < -0.4 is 11.5 Å². The summed E-state index contributed by atoms with van der Waals surface area (Å²) >= 11 is 0. The summed E-state index contributed by atoms with van der Waals surface area (Å²) in [5.74, 6) is -0.485. The molecule has 0 aliphatic rings. The van der Waals surface area contributed by atoms with Gasteiger partial charge >= 0.3 is 0 Å². The van der Waals surface area contributed by atoms with Gasteiger partial charge in [0.1, 0.15) is 29.2 Å². The van der Waals surface area contributed by atoms with E-state index in [1.807, 2.05) is 0 Å². The van der Waals surface area contributed by atoms with Crippen LogP contribution >= 0.6 is 0 Å². The van der Waals surface area contributed by atoms with Gasteiger partial charge in [0.2, 0.25) is 0 Å². The van der Waals surface area contributed by atoms with E-state index in [-0.39, 0.29) is 11.3 Å². The van der Waals surface area contributed by atoms with E-state index in [1.54, 1.807) is 0 Å². The van der Waals surface area contributed by atoms with E-state index in [9.17, 15) is 0 Å². The molecule has 50 valence electrons. The second-order valence-corrected chi connectivity index (χ2v) is 1.43. The summed E-state index contributed by atoms with van der Waals surface area (Å²) in [5, 5.41) is 23.1. The molecule has 0 aromatic carbocycles. The van der Waals surface area contributed by atoms with Crippen LogP contribution in [-0.4, -0.2) is 5.84 Å². The predicted octanol–water partition coefficient (Wildman–Crippen LogP) is -0.818. The average Bonchev–Trinajstić information content (AvgIpc) is 1.88. The lowest BCUT2D eigenvalue weighted by Gasteiger charge is -1.92. The van der Waals surface area contributed by atoms with Crippen LogP contribution in [0.2, 0.25) is 0 Å². The van der Waals surface area contributed by atoms with Crippen molar-refractivity contribution >= 4 is 5.84 Å². The minimum atomic E-state index is -0.485. The zero-order valence-electron chi connectivity index (χ0n) is 5.05. The first-order chi connectivity index (χ1) is 4.63. The Morgan fingerprint density at radius 2 is 1.70 bits per heavy atom. The highest BCUT2D eigenvalue weighted by atomic mass is 14.7. The van der Waals surface area contributed by atoms with E-state index in [2.05, 4.69) is 0 Å². The molecule has 0 aromatic rings. The highest BCUT2D eigenvalue weighted by molar-refractivity contribution is 5.99. The predicted molar refractivity (Wildman–Crippen MR) is 34.4 cm³/mol. The first-order valence-corrected chi connectivity index (χ1v) is 2.27. The fourth-order valence-corrected chi connectivity index (χ4v) is 0.321. The summed E-state index contributed by atoms with van der Waals surface area (Å²) in [6, 6.07) is 3.05. The van der Waals surface area contributed by atoms with Crippen LogP contribution in [0.4, 0.5) is 0 Å². The number of rotatable bonds is 1. The van der Waals surface area contributed by atoms with E-state index in [1.165, 1.54) is 12.1 Å². The van der Waals surface area contributed by atoms with Crippen molar-refractivity contribution in [1.29, 1.82) is 15.9 Å². The molecule has 0 radical (unpaired) electrons. The number of allylic oxidation sites excluding steroid dienone is 1. The van der Waals surface area contributed by atoms with Crippen LogP contribution in [0, 0.1) is 28.1 Å². The lowest BCUT2D eigenvalue weighted by atomic mass is 10.2. The van der Waals surface area contributed by atoms with Crippen molar-refractivity contribution in [1.82, 2.24) is 0 Å². The van der Waals surface area contributed by atoms with Crippen LogP contribution in [0.5, 0.6) is 0 Å².